The molecular formula is C23H17F6N5O2. The number of halogens is 6. The van der Waals surface area contributed by atoms with Crippen molar-refractivity contribution in [3.05, 3.63) is 83.4 Å². The van der Waals surface area contributed by atoms with Gasteiger partial charge in [-0.2, -0.15) is 31.4 Å². The van der Waals surface area contributed by atoms with Gasteiger partial charge < -0.3 is 9.84 Å². The van der Waals surface area contributed by atoms with Gasteiger partial charge in [0.15, 0.2) is 11.5 Å². The van der Waals surface area contributed by atoms with Gasteiger partial charge in [-0.25, -0.2) is 0 Å². The lowest BCUT2D eigenvalue weighted by Crippen LogP contribution is -2.19. The Morgan fingerprint density at radius 2 is 1.86 bits per heavy atom. The number of rotatable bonds is 6. The van der Waals surface area contributed by atoms with Gasteiger partial charge in [-0.15, -0.1) is 0 Å². The monoisotopic (exact) mass is 509 g/mol. The lowest BCUT2D eigenvalue weighted by atomic mass is 9.95. The molecule has 1 amide bonds. The second-order valence-electron chi connectivity index (χ2n) is 7.68. The first-order chi connectivity index (χ1) is 17.0. The SMILES string of the molecule is CCC(c1ccc(C(F)(F)F)cc1C(F)(F)F)n1cc(NC(=O)c2cc(-c3ccccn3)on2)cn1. The normalized spacial score (nSPS) is 13.0. The number of hydrogen-bond acceptors (Lipinski definition) is 5. The molecule has 7 nitrogen and oxygen atoms in total. The average molecular weight is 509 g/mol. The standard InChI is InChI=1S/C23H17F6N5O2/c1-2-19(15-7-6-13(22(24,25)26)9-16(15)23(27,28)29)34-12-14(11-31-34)32-21(35)18-10-20(36-33-18)17-5-3-4-8-30-17/h3-12,19H,2H2,1H3,(H,32,35). The summed E-state index contributed by atoms with van der Waals surface area (Å²) in [4.78, 5) is 16.6. The van der Waals surface area contributed by atoms with Crippen LogP contribution in [0.4, 0.5) is 32.0 Å². The van der Waals surface area contributed by atoms with Crippen LogP contribution in [0, 0.1) is 0 Å². The maximum atomic E-state index is 13.6. The van der Waals surface area contributed by atoms with E-state index in [4.69, 9.17) is 4.52 Å². The van der Waals surface area contributed by atoms with Gasteiger partial charge in [0, 0.05) is 18.5 Å². The van der Waals surface area contributed by atoms with Crippen LogP contribution in [0.3, 0.4) is 0 Å². The largest absolute Gasteiger partial charge is 0.416 e. The Labute approximate surface area is 199 Å². The molecular weight excluding hydrogens is 492 g/mol. The Morgan fingerprint density at radius 3 is 2.50 bits per heavy atom. The lowest BCUT2D eigenvalue weighted by Gasteiger charge is -2.22. The molecule has 0 saturated heterocycles. The molecule has 0 fully saturated rings. The van der Waals surface area contributed by atoms with E-state index < -0.39 is 35.4 Å². The molecule has 4 rings (SSSR count). The fourth-order valence-electron chi connectivity index (χ4n) is 3.60. The smallest absolute Gasteiger partial charge is 0.354 e. The van der Waals surface area contributed by atoms with Gasteiger partial charge in [0.2, 0.25) is 0 Å². The van der Waals surface area contributed by atoms with Crippen molar-refractivity contribution in [2.24, 2.45) is 0 Å². The molecule has 0 bridgehead atoms. The van der Waals surface area contributed by atoms with Gasteiger partial charge in [0.1, 0.15) is 5.69 Å². The van der Waals surface area contributed by atoms with Crippen LogP contribution in [0.1, 0.15) is 46.6 Å². The molecule has 0 aliphatic carbocycles. The third kappa shape index (κ3) is 5.24. The first kappa shape index (κ1) is 24.9. The minimum Gasteiger partial charge on any atom is -0.354 e. The van der Waals surface area contributed by atoms with E-state index in [1.54, 1.807) is 25.1 Å². The van der Waals surface area contributed by atoms with Gasteiger partial charge in [-0.1, -0.05) is 24.2 Å². The molecule has 1 atom stereocenters. The molecule has 0 spiro atoms. The number of benzene rings is 1. The number of amides is 1. The zero-order valence-corrected chi connectivity index (χ0v) is 18.4. The van der Waals surface area contributed by atoms with Crippen molar-refractivity contribution in [1.29, 1.82) is 0 Å². The average Bonchev–Trinajstić information content (AvgIpc) is 3.49. The van der Waals surface area contributed by atoms with Gasteiger partial charge >= 0.3 is 12.4 Å². The molecule has 13 heteroatoms. The number of hydrogen-bond donors (Lipinski definition) is 1. The predicted molar refractivity (Wildman–Crippen MR) is 115 cm³/mol. The van der Waals surface area contributed by atoms with Gasteiger partial charge in [-0.05, 0) is 36.2 Å². The van der Waals surface area contributed by atoms with Crippen LogP contribution in [-0.4, -0.2) is 25.8 Å². The van der Waals surface area contributed by atoms with Crippen molar-refractivity contribution in [3.63, 3.8) is 0 Å². The number of carbonyl (C=O) groups is 1. The number of pyridine rings is 1. The summed E-state index contributed by atoms with van der Waals surface area (Å²) in [5.41, 5.74) is -2.66. The predicted octanol–water partition coefficient (Wildman–Crippen LogP) is 6.22. The number of aromatic nitrogens is 4. The van der Waals surface area contributed by atoms with E-state index >= 15 is 0 Å². The van der Waals surface area contributed by atoms with E-state index in [9.17, 15) is 31.1 Å². The Morgan fingerprint density at radius 1 is 1.08 bits per heavy atom. The zero-order chi connectivity index (χ0) is 26.1. The van der Waals surface area contributed by atoms with Gasteiger partial charge in [-0.3, -0.25) is 14.5 Å². The van der Waals surface area contributed by atoms with Crippen molar-refractivity contribution in [2.45, 2.75) is 31.7 Å². The first-order valence-corrected chi connectivity index (χ1v) is 10.5. The second kappa shape index (κ2) is 9.47. The summed E-state index contributed by atoms with van der Waals surface area (Å²) in [6.45, 7) is 1.57. The van der Waals surface area contributed by atoms with Crippen LogP contribution in [0.5, 0.6) is 0 Å². The Bertz CT molecular complexity index is 1360. The molecule has 4 aromatic rings. The third-order valence-corrected chi connectivity index (χ3v) is 5.27. The van der Waals surface area contributed by atoms with Crippen molar-refractivity contribution >= 4 is 11.6 Å². The summed E-state index contributed by atoms with van der Waals surface area (Å²) in [5, 5.41) is 10.2. The number of nitrogens with zero attached hydrogens (tertiary/aromatic N) is 4. The molecule has 0 saturated carbocycles. The molecule has 3 heterocycles. The number of nitrogens with one attached hydrogen (secondary N) is 1. The summed E-state index contributed by atoms with van der Waals surface area (Å²) in [7, 11) is 0. The quantitative estimate of drug-likeness (QED) is 0.312. The van der Waals surface area contributed by atoms with Crippen LogP contribution >= 0.6 is 0 Å². The van der Waals surface area contributed by atoms with Crippen LogP contribution in [0.2, 0.25) is 0 Å². The van der Waals surface area contributed by atoms with Crippen LogP contribution in [-0.2, 0) is 12.4 Å². The van der Waals surface area contributed by atoms with Gasteiger partial charge in [0.05, 0.1) is 29.1 Å². The Hall–Kier alpha value is -4.16. The molecule has 3 aromatic heterocycles. The zero-order valence-electron chi connectivity index (χ0n) is 18.4. The second-order valence-corrected chi connectivity index (χ2v) is 7.68. The lowest BCUT2D eigenvalue weighted by molar-refractivity contribution is -0.143. The fraction of sp³-hybridized carbons (Fsp3) is 0.217. The maximum Gasteiger partial charge on any atom is 0.416 e. The highest BCUT2D eigenvalue weighted by Crippen LogP contribution is 2.40. The highest BCUT2D eigenvalue weighted by atomic mass is 19.4. The minimum atomic E-state index is -5.02. The van der Waals surface area contributed by atoms with Crippen molar-refractivity contribution in [1.82, 2.24) is 19.9 Å². The van der Waals surface area contributed by atoms with Crippen LogP contribution in [0.25, 0.3) is 11.5 Å². The molecule has 0 aliphatic heterocycles. The summed E-state index contributed by atoms with van der Waals surface area (Å²) in [6, 6.07) is 6.91. The van der Waals surface area contributed by atoms with E-state index in [0.717, 1.165) is 10.7 Å². The summed E-state index contributed by atoms with van der Waals surface area (Å²) in [6.07, 6.45) is -5.84. The number of alkyl halides is 6. The molecule has 36 heavy (non-hydrogen) atoms. The Balaban J connectivity index is 1.57. The highest BCUT2D eigenvalue weighted by molar-refractivity contribution is 6.03. The molecule has 1 N–H and O–H groups in total. The molecule has 1 aromatic carbocycles. The molecule has 0 radical (unpaired) electrons. The molecule has 0 aliphatic rings. The van der Waals surface area contributed by atoms with Crippen molar-refractivity contribution in [2.75, 3.05) is 5.32 Å². The Kier molecular flexibility index (Phi) is 6.57. The van der Waals surface area contributed by atoms with E-state index in [0.29, 0.717) is 11.8 Å². The van der Waals surface area contributed by atoms with Crippen molar-refractivity contribution in [3.8, 4) is 11.5 Å². The molecule has 1 unspecified atom stereocenters. The van der Waals surface area contributed by atoms with Crippen LogP contribution in [0.15, 0.2) is 65.6 Å². The number of carbonyl (C=O) groups excluding carboxylic acids is 1. The van der Waals surface area contributed by atoms with Crippen molar-refractivity contribution < 1.29 is 35.7 Å². The fourth-order valence-corrected chi connectivity index (χ4v) is 3.60. The topological polar surface area (TPSA) is 85.8 Å². The minimum absolute atomic E-state index is 0.0717. The summed E-state index contributed by atoms with van der Waals surface area (Å²) in [5.74, 6) is -0.413. The number of anilines is 1. The summed E-state index contributed by atoms with van der Waals surface area (Å²) >= 11 is 0. The van der Waals surface area contributed by atoms with E-state index in [-0.39, 0.29) is 35.2 Å². The highest BCUT2D eigenvalue weighted by Gasteiger charge is 2.39. The van der Waals surface area contributed by atoms with Gasteiger partial charge in [0.25, 0.3) is 5.91 Å². The van der Waals surface area contributed by atoms with E-state index in [1.807, 2.05) is 0 Å². The van der Waals surface area contributed by atoms with E-state index in [1.165, 1.54) is 24.7 Å². The third-order valence-electron chi connectivity index (χ3n) is 5.27. The first-order valence-electron chi connectivity index (χ1n) is 10.5. The summed E-state index contributed by atoms with van der Waals surface area (Å²) < 4.78 is 86.3. The van der Waals surface area contributed by atoms with E-state index in [2.05, 4.69) is 20.6 Å². The maximum absolute atomic E-state index is 13.6. The van der Waals surface area contributed by atoms with Crippen LogP contribution < -0.4 is 5.32 Å². The molecule has 188 valence electrons.